The zero-order valence-electron chi connectivity index (χ0n) is 10.8. The van der Waals surface area contributed by atoms with Gasteiger partial charge < -0.3 is 4.42 Å². The first-order valence-corrected chi connectivity index (χ1v) is 5.87. The molecule has 0 aliphatic rings. The van der Waals surface area contributed by atoms with Crippen LogP contribution in [0.15, 0.2) is 32.3 Å². The third-order valence-corrected chi connectivity index (χ3v) is 2.75. The van der Waals surface area contributed by atoms with Gasteiger partial charge in [0.05, 0.1) is 0 Å². The van der Waals surface area contributed by atoms with E-state index in [9.17, 15) is 9.59 Å². The fourth-order valence-corrected chi connectivity index (χ4v) is 1.69. The summed E-state index contributed by atoms with van der Waals surface area (Å²) in [5.41, 5.74) is -0.144. The summed E-state index contributed by atoms with van der Waals surface area (Å²) in [6.07, 6.45) is 2.36. The normalized spacial score (nSPS) is 11.9. The Morgan fingerprint density at radius 3 is 2.72 bits per heavy atom. The molecule has 0 saturated heterocycles. The molecular weight excluding hydrogens is 232 g/mol. The molecule has 0 aliphatic carbocycles. The third kappa shape index (κ3) is 2.50. The van der Waals surface area contributed by atoms with Gasteiger partial charge in [0.2, 0.25) is 0 Å². The lowest BCUT2D eigenvalue weighted by Gasteiger charge is -2.18. The average Bonchev–Trinajstić information content (AvgIpc) is 2.27. The minimum absolute atomic E-state index is 0.0939. The molecule has 5 heteroatoms. The molecule has 2 aromatic heterocycles. The Bertz CT molecular complexity index is 677. The lowest BCUT2D eigenvalue weighted by molar-refractivity contribution is 0.330. The van der Waals surface area contributed by atoms with Crippen LogP contribution >= 0.6 is 0 Å². The molecule has 0 unspecified atom stereocenters. The van der Waals surface area contributed by atoms with Crippen molar-refractivity contribution in [2.24, 2.45) is 5.41 Å². The molecule has 0 aromatic carbocycles. The molecule has 2 heterocycles. The van der Waals surface area contributed by atoms with Gasteiger partial charge in [0.15, 0.2) is 5.65 Å². The van der Waals surface area contributed by atoms with Gasteiger partial charge in [0, 0.05) is 12.7 Å². The van der Waals surface area contributed by atoms with Gasteiger partial charge in [-0.25, -0.2) is 14.6 Å². The van der Waals surface area contributed by atoms with Gasteiger partial charge in [0.1, 0.15) is 5.39 Å². The fourth-order valence-electron chi connectivity index (χ4n) is 1.69. The van der Waals surface area contributed by atoms with E-state index >= 15 is 0 Å². The van der Waals surface area contributed by atoms with E-state index in [-0.39, 0.29) is 5.41 Å². The van der Waals surface area contributed by atoms with Crippen molar-refractivity contribution >= 4 is 11.0 Å². The molecule has 96 valence electrons. The van der Waals surface area contributed by atoms with E-state index in [4.69, 9.17) is 4.42 Å². The monoisotopic (exact) mass is 248 g/mol. The van der Waals surface area contributed by atoms with E-state index in [1.807, 2.05) is 0 Å². The van der Waals surface area contributed by atoms with Crippen molar-refractivity contribution in [3.05, 3.63) is 39.3 Å². The van der Waals surface area contributed by atoms with E-state index in [0.29, 0.717) is 17.6 Å². The molecule has 0 saturated carbocycles. The number of aryl methyl sites for hydroxylation is 1. The van der Waals surface area contributed by atoms with Crippen molar-refractivity contribution in [1.29, 1.82) is 0 Å². The minimum Gasteiger partial charge on any atom is -0.372 e. The van der Waals surface area contributed by atoms with E-state index in [1.165, 1.54) is 4.57 Å². The summed E-state index contributed by atoms with van der Waals surface area (Å²) in [6.45, 7) is 6.76. The van der Waals surface area contributed by atoms with Crippen LogP contribution in [0, 0.1) is 5.41 Å². The van der Waals surface area contributed by atoms with Crippen molar-refractivity contribution in [1.82, 2.24) is 9.55 Å². The number of rotatable bonds is 2. The Hall–Kier alpha value is -1.91. The van der Waals surface area contributed by atoms with Gasteiger partial charge >= 0.3 is 11.4 Å². The molecule has 2 aromatic rings. The first-order valence-electron chi connectivity index (χ1n) is 5.87. The molecular formula is C13H16N2O3. The van der Waals surface area contributed by atoms with Crippen molar-refractivity contribution in [2.75, 3.05) is 0 Å². The maximum Gasteiger partial charge on any atom is 0.423 e. The highest BCUT2D eigenvalue weighted by Gasteiger charge is 2.14. The number of hydrogen-bond donors (Lipinski definition) is 0. The number of fused-ring (bicyclic) bond motifs is 1. The lowest BCUT2D eigenvalue weighted by Crippen LogP contribution is -2.27. The third-order valence-electron chi connectivity index (χ3n) is 2.75. The first-order chi connectivity index (χ1) is 8.38. The number of hydrogen-bond acceptors (Lipinski definition) is 4. The Morgan fingerprint density at radius 2 is 2.06 bits per heavy atom. The number of nitrogens with zero attached hydrogens (tertiary/aromatic N) is 2. The van der Waals surface area contributed by atoms with Gasteiger partial charge in [0.25, 0.3) is 0 Å². The molecule has 0 N–H and O–H groups in total. The summed E-state index contributed by atoms with van der Waals surface area (Å²) in [6, 6.07) is 3.26. The molecule has 0 atom stereocenters. The van der Waals surface area contributed by atoms with Crippen LogP contribution in [-0.4, -0.2) is 9.55 Å². The van der Waals surface area contributed by atoms with Crippen molar-refractivity contribution in [2.45, 2.75) is 33.7 Å². The van der Waals surface area contributed by atoms with Crippen molar-refractivity contribution in [3.63, 3.8) is 0 Å². The van der Waals surface area contributed by atoms with Crippen LogP contribution in [0.3, 0.4) is 0 Å². The quantitative estimate of drug-likeness (QED) is 0.812. The first kappa shape index (κ1) is 12.5. The van der Waals surface area contributed by atoms with Crippen molar-refractivity contribution < 1.29 is 4.42 Å². The highest BCUT2D eigenvalue weighted by atomic mass is 16.4. The fraction of sp³-hybridized carbons (Fsp3) is 0.462. The van der Waals surface area contributed by atoms with Crippen LogP contribution in [0.1, 0.15) is 27.2 Å². The molecule has 2 rings (SSSR count). The maximum absolute atomic E-state index is 11.7. The van der Waals surface area contributed by atoms with Crippen LogP contribution in [0.5, 0.6) is 0 Å². The van der Waals surface area contributed by atoms with Crippen LogP contribution in [-0.2, 0) is 6.54 Å². The lowest BCUT2D eigenvalue weighted by atomic mass is 9.92. The van der Waals surface area contributed by atoms with E-state index in [0.717, 1.165) is 6.42 Å². The summed E-state index contributed by atoms with van der Waals surface area (Å²) >= 11 is 0. The van der Waals surface area contributed by atoms with Gasteiger partial charge in [-0.15, -0.1) is 0 Å². The molecule has 0 spiro atoms. The van der Waals surface area contributed by atoms with Crippen LogP contribution in [0.25, 0.3) is 11.0 Å². The van der Waals surface area contributed by atoms with Crippen molar-refractivity contribution in [3.8, 4) is 0 Å². The van der Waals surface area contributed by atoms with Gasteiger partial charge in [-0.1, -0.05) is 20.8 Å². The van der Waals surface area contributed by atoms with Crippen LogP contribution < -0.4 is 11.4 Å². The van der Waals surface area contributed by atoms with Crippen LogP contribution in [0.4, 0.5) is 0 Å². The van der Waals surface area contributed by atoms with Gasteiger partial charge in [-0.05, 0) is 24.0 Å². The molecule has 0 amide bonds. The Kier molecular flexibility index (Phi) is 3.07. The second kappa shape index (κ2) is 4.40. The predicted octanol–water partition coefficient (Wildman–Crippen LogP) is 1.79. The van der Waals surface area contributed by atoms with E-state index < -0.39 is 11.4 Å². The standard InChI is InChI=1S/C13H16N2O3/c1-13(2,3)6-8-15-10-9(5-4-7-14-10)11(16)18-12(15)17/h4-5,7H,6,8H2,1-3H3. The Balaban J connectivity index is 2.57. The molecule has 0 radical (unpaired) electrons. The second-order valence-corrected chi connectivity index (χ2v) is 5.49. The number of aromatic nitrogens is 2. The molecule has 0 aliphatic heterocycles. The Labute approximate surface area is 104 Å². The molecule has 5 nitrogen and oxygen atoms in total. The van der Waals surface area contributed by atoms with Crippen LogP contribution in [0.2, 0.25) is 0 Å². The molecule has 0 fully saturated rings. The highest BCUT2D eigenvalue weighted by Crippen LogP contribution is 2.19. The van der Waals surface area contributed by atoms with Gasteiger partial charge in [-0.3, -0.25) is 4.57 Å². The topological polar surface area (TPSA) is 65.1 Å². The summed E-state index contributed by atoms with van der Waals surface area (Å²) in [5, 5.41) is 0.339. The van der Waals surface area contributed by atoms with E-state index in [2.05, 4.69) is 25.8 Å². The summed E-state index contributed by atoms with van der Waals surface area (Å²) in [7, 11) is 0. The summed E-state index contributed by atoms with van der Waals surface area (Å²) in [5.74, 6) is -0.643. The zero-order chi connectivity index (χ0) is 13.3. The SMILES string of the molecule is CC(C)(C)CCn1c(=O)oc(=O)c2cccnc21. The zero-order valence-corrected chi connectivity index (χ0v) is 10.8. The molecule has 0 bridgehead atoms. The highest BCUT2D eigenvalue weighted by molar-refractivity contribution is 5.72. The number of pyridine rings is 1. The van der Waals surface area contributed by atoms with E-state index in [1.54, 1.807) is 18.3 Å². The molecule has 18 heavy (non-hydrogen) atoms. The average molecular weight is 248 g/mol. The predicted molar refractivity (Wildman–Crippen MR) is 68.6 cm³/mol. The van der Waals surface area contributed by atoms with Gasteiger partial charge in [-0.2, -0.15) is 0 Å². The maximum atomic E-state index is 11.7. The summed E-state index contributed by atoms with van der Waals surface area (Å²) < 4.78 is 6.12. The minimum atomic E-state index is -0.643. The second-order valence-electron chi connectivity index (χ2n) is 5.49. The largest absolute Gasteiger partial charge is 0.423 e. The summed E-state index contributed by atoms with van der Waals surface area (Å²) in [4.78, 5) is 27.4. The smallest absolute Gasteiger partial charge is 0.372 e. The Morgan fingerprint density at radius 1 is 1.33 bits per heavy atom.